The highest BCUT2D eigenvalue weighted by Crippen LogP contribution is 1.97. The lowest BCUT2D eigenvalue weighted by atomic mass is 10.4. The maximum absolute atomic E-state index is 5.09. The molecule has 1 aliphatic rings. The monoisotopic (exact) mass is 141 g/mol. The second-order valence-electron chi connectivity index (χ2n) is 2.24. The minimum Gasteiger partial charge on any atom is -0.449 e. The summed E-state index contributed by atoms with van der Waals surface area (Å²) >= 11 is 0. The smallest absolute Gasteiger partial charge is 0.383 e. The van der Waals surface area contributed by atoms with Crippen LogP contribution in [0.3, 0.4) is 0 Å². The zero-order valence-corrected chi connectivity index (χ0v) is 6.09. The molecule has 0 N–H and O–H groups in total. The number of nitrogens with zero attached hydrogens (tertiary/aromatic N) is 1. The maximum Gasteiger partial charge on any atom is 0.383 e. The summed E-state index contributed by atoms with van der Waals surface area (Å²) in [5, 5.41) is 0. The van der Waals surface area contributed by atoms with Gasteiger partial charge >= 0.3 is 6.08 Å². The number of aliphatic imine (C=N–C) groups is 1. The Kier molecular flexibility index (Phi) is 2.31. The van der Waals surface area contributed by atoms with Crippen LogP contribution >= 0.6 is 0 Å². The molecule has 1 aliphatic heterocycles. The van der Waals surface area contributed by atoms with Crippen LogP contribution in [-0.2, 0) is 9.47 Å². The predicted molar refractivity (Wildman–Crippen MR) is 39.0 cm³/mol. The van der Waals surface area contributed by atoms with Gasteiger partial charge in [-0.15, -0.1) is 0 Å². The van der Waals surface area contributed by atoms with Gasteiger partial charge in [0.15, 0.2) is 0 Å². The van der Waals surface area contributed by atoms with Crippen LogP contribution in [0.25, 0.3) is 0 Å². The normalized spacial score (nSPS) is 15.9. The molecule has 0 saturated carbocycles. The molecule has 3 heteroatoms. The van der Waals surface area contributed by atoms with E-state index in [2.05, 4.69) is 11.6 Å². The minimum atomic E-state index is 0.406. The molecule has 0 spiro atoms. The lowest BCUT2D eigenvalue weighted by Crippen LogP contribution is -2.06. The number of rotatable bonds is 2. The van der Waals surface area contributed by atoms with Gasteiger partial charge in [0.2, 0.25) is 0 Å². The Morgan fingerprint density at radius 1 is 1.90 bits per heavy atom. The average Bonchev–Trinajstić information content (AvgIpc) is 2.34. The second-order valence-corrected chi connectivity index (χ2v) is 2.24. The van der Waals surface area contributed by atoms with E-state index in [1.54, 1.807) is 0 Å². The standard InChI is InChI=1S/C7H11NO2/c1-6(2)5-10-7-8-3-4-9-7/h1,3-5H2,2H3. The molecule has 0 aromatic carbocycles. The highest BCUT2D eigenvalue weighted by atomic mass is 16.7. The van der Waals surface area contributed by atoms with Crippen molar-refractivity contribution in [1.82, 2.24) is 0 Å². The summed E-state index contributed by atoms with van der Waals surface area (Å²) in [6.07, 6.45) is 0.406. The van der Waals surface area contributed by atoms with E-state index in [9.17, 15) is 0 Å². The van der Waals surface area contributed by atoms with Crippen molar-refractivity contribution in [2.75, 3.05) is 19.8 Å². The fourth-order valence-electron chi connectivity index (χ4n) is 0.588. The number of ether oxygens (including phenoxy) is 2. The van der Waals surface area contributed by atoms with Gasteiger partial charge in [-0.1, -0.05) is 6.58 Å². The van der Waals surface area contributed by atoms with Crippen LogP contribution in [0.2, 0.25) is 0 Å². The van der Waals surface area contributed by atoms with E-state index in [0.717, 1.165) is 5.57 Å². The van der Waals surface area contributed by atoms with Crippen LogP contribution < -0.4 is 0 Å². The largest absolute Gasteiger partial charge is 0.449 e. The van der Waals surface area contributed by atoms with Crippen LogP contribution in [0, 0.1) is 0 Å². The molecule has 1 rings (SSSR count). The molecule has 0 fully saturated rings. The fourth-order valence-corrected chi connectivity index (χ4v) is 0.588. The van der Waals surface area contributed by atoms with Crippen molar-refractivity contribution in [1.29, 1.82) is 0 Å². The van der Waals surface area contributed by atoms with E-state index in [1.165, 1.54) is 0 Å². The quantitative estimate of drug-likeness (QED) is 0.536. The van der Waals surface area contributed by atoms with Crippen LogP contribution in [0.5, 0.6) is 0 Å². The fraction of sp³-hybridized carbons (Fsp3) is 0.571. The molecule has 0 aromatic heterocycles. The lowest BCUT2D eigenvalue weighted by Gasteiger charge is -2.02. The van der Waals surface area contributed by atoms with Gasteiger partial charge in [-0.05, 0) is 12.5 Å². The third-order valence-electron chi connectivity index (χ3n) is 1.000. The topological polar surface area (TPSA) is 30.8 Å². The first-order valence-electron chi connectivity index (χ1n) is 3.23. The molecule has 0 atom stereocenters. The summed E-state index contributed by atoms with van der Waals surface area (Å²) in [5.41, 5.74) is 0.971. The Labute approximate surface area is 60.4 Å². The SMILES string of the molecule is C=C(C)COC1=NCCO1. The second kappa shape index (κ2) is 3.25. The summed E-state index contributed by atoms with van der Waals surface area (Å²) in [4.78, 5) is 3.94. The van der Waals surface area contributed by atoms with Gasteiger partial charge in [-0.25, -0.2) is 4.99 Å². The summed E-state index contributed by atoms with van der Waals surface area (Å²) in [5.74, 6) is 0. The van der Waals surface area contributed by atoms with Crippen molar-refractivity contribution in [3.05, 3.63) is 12.2 Å². The molecule has 10 heavy (non-hydrogen) atoms. The Hall–Kier alpha value is -0.990. The first-order valence-corrected chi connectivity index (χ1v) is 3.23. The van der Waals surface area contributed by atoms with Crippen molar-refractivity contribution >= 4 is 6.08 Å². The van der Waals surface area contributed by atoms with Crippen molar-refractivity contribution in [2.24, 2.45) is 4.99 Å². The van der Waals surface area contributed by atoms with E-state index in [4.69, 9.17) is 9.47 Å². The minimum absolute atomic E-state index is 0.406. The van der Waals surface area contributed by atoms with E-state index in [0.29, 0.717) is 25.8 Å². The number of hydrogen-bond acceptors (Lipinski definition) is 3. The first kappa shape index (κ1) is 7.12. The molecular weight excluding hydrogens is 130 g/mol. The molecule has 0 aromatic rings. The molecule has 56 valence electrons. The predicted octanol–water partition coefficient (Wildman–Crippen LogP) is 0.965. The van der Waals surface area contributed by atoms with Gasteiger partial charge in [0, 0.05) is 0 Å². The lowest BCUT2D eigenvalue weighted by molar-refractivity contribution is 0.205. The van der Waals surface area contributed by atoms with Gasteiger partial charge in [-0.2, -0.15) is 0 Å². The van der Waals surface area contributed by atoms with Gasteiger partial charge in [-0.3, -0.25) is 0 Å². The zero-order chi connectivity index (χ0) is 7.40. The Balaban J connectivity index is 2.19. The Morgan fingerprint density at radius 2 is 2.70 bits per heavy atom. The van der Waals surface area contributed by atoms with E-state index in [-0.39, 0.29) is 0 Å². The average molecular weight is 141 g/mol. The first-order chi connectivity index (χ1) is 4.79. The van der Waals surface area contributed by atoms with Crippen LogP contribution in [0.15, 0.2) is 17.1 Å². The van der Waals surface area contributed by atoms with Gasteiger partial charge in [0.25, 0.3) is 0 Å². The molecule has 0 saturated heterocycles. The van der Waals surface area contributed by atoms with Crippen molar-refractivity contribution in [3.8, 4) is 0 Å². The molecular formula is C7H11NO2. The van der Waals surface area contributed by atoms with Crippen molar-refractivity contribution < 1.29 is 9.47 Å². The Bertz CT molecular complexity index is 163. The highest BCUT2D eigenvalue weighted by Gasteiger charge is 2.06. The van der Waals surface area contributed by atoms with Crippen molar-refractivity contribution in [2.45, 2.75) is 6.92 Å². The van der Waals surface area contributed by atoms with E-state index >= 15 is 0 Å². The molecule has 3 nitrogen and oxygen atoms in total. The van der Waals surface area contributed by atoms with Gasteiger partial charge in [0.1, 0.15) is 13.2 Å². The number of hydrogen-bond donors (Lipinski definition) is 0. The molecule has 0 amide bonds. The third-order valence-corrected chi connectivity index (χ3v) is 1.000. The molecule has 1 heterocycles. The Morgan fingerprint density at radius 3 is 3.20 bits per heavy atom. The van der Waals surface area contributed by atoms with Gasteiger partial charge < -0.3 is 9.47 Å². The van der Waals surface area contributed by atoms with Crippen LogP contribution in [0.1, 0.15) is 6.92 Å². The summed E-state index contributed by atoms with van der Waals surface area (Å²) < 4.78 is 10.1. The molecule has 0 aliphatic carbocycles. The molecule has 0 unspecified atom stereocenters. The third kappa shape index (κ3) is 2.09. The maximum atomic E-state index is 5.09. The summed E-state index contributed by atoms with van der Waals surface area (Å²) in [6.45, 7) is 7.44. The molecule has 0 radical (unpaired) electrons. The van der Waals surface area contributed by atoms with E-state index < -0.39 is 0 Å². The zero-order valence-electron chi connectivity index (χ0n) is 6.09. The van der Waals surface area contributed by atoms with E-state index in [1.807, 2.05) is 6.92 Å². The van der Waals surface area contributed by atoms with Crippen LogP contribution in [-0.4, -0.2) is 25.8 Å². The van der Waals surface area contributed by atoms with Crippen LogP contribution in [0.4, 0.5) is 0 Å². The highest BCUT2D eigenvalue weighted by molar-refractivity contribution is 5.68. The summed E-state index contributed by atoms with van der Waals surface area (Å²) in [6, 6.07) is 0. The van der Waals surface area contributed by atoms with Crippen molar-refractivity contribution in [3.63, 3.8) is 0 Å². The van der Waals surface area contributed by atoms with Gasteiger partial charge in [0.05, 0.1) is 6.54 Å². The molecule has 0 bridgehead atoms. The summed E-state index contributed by atoms with van der Waals surface area (Å²) in [7, 11) is 0.